The monoisotopic (exact) mass is 452 g/mol. The van der Waals surface area contributed by atoms with E-state index in [0.29, 0.717) is 11.1 Å². The van der Waals surface area contributed by atoms with Crippen LogP contribution in [0, 0.1) is 6.92 Å². The van der Waals surface area contributed by atoms with Crippen LogP contribution in [-0.4, -0.2) is 28.4 Å². The SMILES string of the molecule is Cc1c(C(=O)OCc2ccccc2)sc(NC(=O)c2cccnc2)c1C(=O)OC(C)(C)C. The maximum Gasteiger partial charge on any atom is 0.349 e. The Balaban J connectivity index is 1.90. The molecule has 0 saturated heterocycles. The second-order valence-electron chi connectivity index (χ2n) is 8.02. The van der Waals surface area contributed by atoms with Gasteiger partial charge < -0.3 is 14.8 Å². The molecule has 166 valence electrons. The number of benzene rings is 1. The first-order valence-electron chi connectivity index (χ1n) is 9.95. The number of anilines is 1. The van der Waals surface area contributed by atoms with Gasteiger partial charge in [0, 0.05) is 12.4 Å². The Hall–Kier alpha value is -3.52. The molecule has 0 saturated carbocycles. The summed E-state index contributed by atoms with van der Waals surface area (Å²) < 4.78 is 10.9. The zero-order valence-corrected chi connectivity index (χ0v) is 19.1. The lowest BCUT2D eigenvalue weighted by Gasteiger charge is -2.20. The van der Waals surface area contributed by atoms with Crippen molar-refractivity contribution >= 4 is 34.2 Å². The number of esters is 2. The summed E-state index contributed by atoms with van der Waals surface area (Å²) >= 11 is 0.979. The number of amides is 1. The van der Waals surface area contributed by atoms with Crippen LogP contribution in [0.1, 0.15) is 62.3 Å². The van der Waals surface area contributed by atoms with Gasteiger partial charge in [-0.3, -0.25) is 9.78 Å². The minimum Gasteiger partial charge on any atom is -0.457 e. The molecule has 8 heteroatoms. The highest BCUT2D eigenvalue weighted by atomic mass is 32.1. The van der Waals surface area contributed by atoms with Gasteiger partial charge in [0.2, 0.25) is 0 Å². The normalized spacial score (nSPS) is 11.0. The fourth-order valence-corrected chi connectivity index (χ4v) is 3.92. The Morgan fingerprint density at radius 3 is 2.38 bits per heavy atom. The number of rotatable bonds is 6. The van der Waals surface area contributed by atoms with Crippen LogP contribution in [0.25, 0.3) is 0 Å². The molecular formula is C24H24N2O5S. The molecule has 7 nitrogen and oxygen atoms in total. The standard InChI is InChI=1S/C24H24N2O5S/c1-15-18(22(28)31-24(2,3)4)21(26-20(27)17-11-8-12-25-13-17)32-19(15)23(29)30-14-16-9-6-5-7-10-16/h5-13H,14H2,1-4H3,(H,26,27). The number of hydrogen-bond acceptors (Lipinski definition) is 7. The van der Waals surface area contributed by atoms with E-state index in [0.717, 1.165) is 16.9 Å². The lowest BCUT2D eigenvalue weighted by atomic mass is 10.1. The minimum absolute atomic E-state index is 0.0934. The van der Waals surface area contributed by atoms with E-state index < -0.39 is 23.4 Å². The Labute approximate surface area is 190 Å². The van der Waals surface area contributed by atoms with E-state index in [1.165, 1.54) is 6.20 Å². The molecule has 0 radical (unpaired) electrons. The van der Waals surface area contributed by atoms with E-state index in [4.69, 9.17) is 9.47 Å². The van der Waals surface area contributed by atoms with Gasteiger partial charge in [0.1, 0.15) is 22.1 Å². The average molecular weight is 453 g/mol. The molecule has 2 heterocycles. The average Bonchev–Trinajstić information content (AvgIpc) is 3.08. The Morgan fingerprint density at radius 2 is 1.75 bits per heavy atom. The van der Waals surface area contributed by atoms with E-state index in [1.54, 1.807) is 46.0 Å². The second-order valence-corrected chi connectivity index (χ2v) is 9.04. The van der Waals surface area contributed by atoms with E-state index >= 15 is 0 Å². The van der Waals surface area contributed by atoms with Crippen LogP contribution in [0.2, 0.25) is 0 Å². The summed E-state index contributed by atoms with van der Waals surface area (Å²) in [6.45, 7) is 6.96. The number of pyridine rings is 1. The number of hydrogen-bond donors (Lipinski definition) is 1. The van der Waals surface area contributed by atoms with Gasteiger partial charge in [-0.25, -0.2) is 9.59 Å². The maximum absolute atomic E-state index is 12.9. The van der Waals surface area contributed by atoms with Gasteiger partial charge in [0.25, 0.3) is 5.91 Å². The third kappa shape index (κ3) is 5.79. The highest BCUT2D eigenvalue weighted by Gasteiger charge is 2.30. The van der Waals surface area contributed by atoms with E-state index in [-0.39, 0.29) is 22.0 Å². The highest BCUT2D eigenvalue weighted by Crippen LogP contribution is 2.35. The number of ether oxygens (including phenoxy) is 2. The molecular weight excluding hydrogens is 428 g/mol. The molecule has 0 aliphatic carbocycles. The fourth-order valence-electron chi connectivity index (χ4n) is 2.83. The quantitative estimate of drug-likeness (QED) is 0.528. The summed E-state index contributed by atoms with van der Waals surface area (Å²) in [5.41, 5.74) is 0.941. The molecule has 1 N–H and O–H groups in total. The molecule has 0 aliphatic rings. The van der Waals surface area contributed by atoms with Crippen LogP contribution in [0.15, 0.2) is 54.9 Å². The number of thiophene rings is 1. The third-order valence-electron chi connectivity index (χ3n) is 4.30. The molecule has 0 fully saturated rings. The van der Waals surface area contributed by atoms with Crippen molar-refractivity contribution in [2.45, 2.75) is 39.9 Å². The summed E-state index contributed by atoms with van der Waals surface area (Å²) in [7, 11) is 0. The molecule has 0 bridgehead atoms. The topological polar surface area (TPSA) is 94.6 Å². The number of nitrogens with one attached hydrogen (secondary N) is 1. The van der Waals surface area contributed by atoms with Crippen LogP contribution < -0.4 is 5.32 Å². The van der Waals surface area contributed by atoms with Gasteiger partial charge in [0.05, 0.1) is 11.1 Å². The Kier molecular flexibility index (Phi) is 7.05. The van der Waals surface area contributed by atoms with Gasteiger partial charge in [0.15, 0.2) is 0 Å². The third-order valence-corrected chi connectivity index (χ3v) is 5.49. The van der Waals surface area contributed by atoms with Crippen LogP contribution in [0.5, 0.6) is 0 Å². The smallest absolute Gasteiger partial charge is 0.349 e. The molecule has 0 unspecified atom stereocenters. The first-order valence-corrected chi connectivity index (χ1v) is 10.8. The number of aromatic nitrogens is 1. The van der Waals surface area contributed by atoms with Gasteiger partial charge >= 0.3 is 11.9 Å². The number of carbonyl (C=O) groups is 3. The van der Waals surface area contributed by atoms with Gasteiger partial charge in [-0.1, -0.05) is 30.3 Å². The van der Waals surface area contributed by atoms with E-state index in [2.05, 4.69) is 10.3 Å². The maximum atomic E-state index is 12.9. The number of carbonyl (C=O) groups excluding carboxylic acids is 3. The van der Waals surface area contributed by atoms with Crippen molar-refractivity contribution in [1.29, 1.82) is 0 Å². The lowest BCUT2D eigenvalue weighted by molar-refractivity contribution is 0.00705. The molecule has 1 aromatic carbocycles. The van der Waals surface area contributed by atoms with Gasteiger partial charge in [-0.05, 0) is 51.0 Å². The summed E-state index contributed by atoms with van der Waals surface area (Å²) in [6.07, 6.45) is 2.97. The first-order chi connectivity index (χ1) is 15.2. The Morgan fingerprint density at radius 1 is 1.03 bits per heavy atom. The van der Waals surface area contributed by atoms with Crippen molar-refractivity contribution in [3.8, 4) is 0 Å². The van der Waals surface area contributed by atoms with Crippen LogP contribution in [0.4, 0.5) is 5.00 Å². The molecule has 0 spiro atoms. The largest absolute Gasteiger partial charge is 0.457 e. The minimum atomic E-state index is -0.746. The van der Waals surface area contributed by atoms with Crippen LogP contribution >= 0.6 is 11.3 Å². The van der Waals surface area contributed by atoms with Crippen molar-refractivity contribution in [3.05, 3.63) is 82.0 Å². The predicted octanol–water partition coefficient (Wildman–Crippen LogP) is 5.02. The van der Waals surface area contributed by atoms with Gasteiger partial charge in [-0.2, -0.15) is 0 Å². The molecule has 32 heavy (non-hydrogen) atoms. The van der Waals surface area contributed by atoms with Crippen LogP contribution in [-0.2, 0) is 16.1 Å². The fraction of sp³-hybridized carbons (Fsp3) is 0.250. The summed E-state index contributed by atoms with van der Waals surface area (Å²) in [6, 6.07) is 12.5. The van der Waals surface area contributed by atoms with Gasteiger partial charge in [-0.15, -0.1) is 11.3 Å². The zero-order chi connectivity index (χ0) is 23.3. The summed E-state index contributed by atoms with van der Waals surface area (Å²) in [4.78, 5) is 42.5. The first kappa shape index (κ1) is 23.1. The number of nitrogens with zero attached hydrogens (tertiary/aromatic N) is 1. The van der Waals surface area contributed by atoms with Crippen molar-refractivity contribution < 1.29 is 23.9 Å². The highest BCUT2D eigenvalue weighted by molar-refractivity contribution is 7.18. The molecule has 1 amide bonds. The van der Waals surface area contributed by atoms with Crippen LogP contribution in [0.3, 0.4) is 0 Å². The summed E-state index contributed by atoms with van der Waals surface area (Å²) in [5, 5.41) is 2.93. The zero-order valence-electron chi connectivity index (χ0n) is 18.3. The molecule has 3 rings (SSSR count). The van der Waals surface area contributed by atoms with Crippen molar-refractivity contribution in [2.24, 2.45) is 0 Å². The second kappa shape index (κ2) is 9.74. The lowest BCUT2D eigenvalue weighted by Crippen LogP contribution is -2.25. The van der Waals surface area contributed by atoms with Crippen molar-refractivity contribution in [3.63, 3.8) is 0 Å². The van der Waals surface area contributed by atoms with Crippen molar-refractivity contribution in [1.82, 2.24) is 4.98 Å². The van der Waals surface area contributed by atoms with E-state index in [1.807, 2.05) is 30.3 Å². The predicted molar refractivity (Wildman–Crippen MR) is 122 cm³/mol. The summed E-state index contributed by atoms with van der Waals surface area (Å²) in [5.74, 6) is -1.66. The molecule has 0 aliphatic heterocycles. The van der Waals surface area contributed by atoms with Crippen molar-refractivity contribution in [2.75, 3.05) is 5.32 Å². The molecule has 2 aromatic heterocycles. The Bertz CT molecular complexity index is 1120. The van der Waals surface area contributed by atoms with E-state index in [9.17, 15) is 14.4 Å². The molecule has 0 atom stereocenters. The molecule has 3 aromatic rings.